The minimum absolute atomic E-state index is 0.0671. The Morgan fingerprint density at radius 3 is 1.37 bits per heavy atom. The number of carbonyl (C=O) groups is 2. The van der Waals surface area contributed by atoms with Crippen molar-refractivity contribution in [3.05, 3.63) is 24.3 Å². The molecule has 0 atom stereocenters. The molecule has 0 aliphatic heterocycles. The van der Waals surface area contributed by atoms with Crippen LogP contribution in [0.3, 0.4) is 0 Å². The van der Waals surface area contributed by atoms with Gasteiger partial charge in [0.15, 0.2) is 0 Å². The van der Waals surface area contributed by atoms with Gasteiger partial charge >= 0.3 is 0 Å². The summed E-state index contributed by atoms with van der Waals surface area (Å²) in [5.41, 5.74) is 1.10. The number of nitrogens with one attached hydrogen (secondary N) is 2. The minimum atomic E-state index is -0.0671. The highest BCUT2D eigenvalue weighted by Crippen LogP contribution is 2.02. The van der Waals surface area contributed by atoms with Crippen LogP contribution in [0.25, 0.3) is 0 Å². The molecule has 4 nitrogen and oxygen atoms in total. The van der Waals surface area contributed by atoms with Crippen LogP contribution in [-0.4, -0.2) is 24.9 Å². The van der Waals surface area contributed by atoms with Gasteiger partial charge in [-0.2, -0.15) is 0 Å². The average molecular weight is 266 g/mol. The van der Waals surface area contributed by atoms with Crippen molar-refractivity contribution in [3.63, 3.8) is 0 Å². The normalized spacial score (nSPS) is 9.79. The molecule has 4 heteroatoms. The van der Waals surface area contributed by atoms with E-state index in [2.05, 4.69) is 23.8 Å². The summed E-state index contributed by atoms with van der Waals surface area (Å²) in [6, 6.07) is 0. The Balaban J connectivity index is 3.28. The standard InChI is InChI=1S/C15H26N2O2/c1-12(2)14(18)16-10-8-6-5-7-9-11-17-15(19)13(3)4/h1,3,5-11H2,2,4H3,(H,16,18)(H,17,19). The summed E-state index contributed by atoms with van der Waals surface area (Å²) in [6.07, 6.45) is 5.26. The number of rotatable bonds is 10. The van der Waals surface area contributed by atoms with Crippen molar-refractivity contribution in [1.29, 1.82) is 0 Å². The zero-order chi connectivity index (χ0) is 14.7. The summed E-state index contributed by atoms with van der Waals surface area (Å²) in [6.45, 7) is 12.0. The van der Waals surface area contributed by atoms with Gasteiger partial charge in [0.2, 0.25) is 11.8 Å². The number of carbonyl (C=O) groups excluding carboxylic acids is 2. The van der Waals surface area contributed by atoms with Gasteiger partial charge in [0.05, 0.1) is 0 Å². The highest BCUT2D eigenvalue weighted by molar-refractivity contribution is 5.92. The summed E-state index contributed by atoms with van der Waals surface area (Å²) in [5, 5.41) is 5.61. The fourth-order valence-electron chi connectivity index (χ4n) is 1.49. The van der Waals surface area contributed by atoms with Crippen molar-refractivity contribution in [2.45, 2.75) is 46.0 Å². The summed E-state index contributed by atoms with van der Waals surface area (Å²) >= 11 is 0. The van der Waals surface area contributed by atoms with Gasteiger partial charge in [-0.1, -0.05) is 32.4 Å². The lowest BCUT2D eigenvalue weighted by molar-refractivity contribution is -0.118. The Hall–Kier alpha value is -1.58. The van der Waals surface area contributed by atoms with Crippen molar-refractivity contribution in [2.24, 2.45) is 0 Å². The molecular formula is C15H26N2O2. The Labute approximate surface area is 116 Å². The third kappa shape index (κ3) is 10.1. The van der Waals surface area contributed by atoms with E-state index in [0.717, 1.165) is 32.1 Å². The van der Waals surface area contributed by atoms with Gasteiger partial charge < -0.3 is 10.6 Å². The number of unbranched alkanes of at least 4 members (excludes halogenated alkanes) is 4. The van der Waals surface area contributed by atoms with Crippen molar-refractivity contribution < 1.29 is 9.59 Å². The molecule has 0 saturated carbocycles. The predicted molar refractivity (Wildman–Crippen MR) is 78.7 cm³/mol. The second-order valence-electron chi connectivity index (χ2n) is 4.84. The highest BCUT2D eigenvalue weighted by atomic mass is 16.2. The quantitative estimate of drug-likeness (QED) is 0.471. The van der Waals surface area contributed by atoms with E-state index in [-0.39, 0.29) is 11.8 Å². The maximum absolute atomic E-state index is 11.2. The molecule has 0 aromatic heterocycles. The molecule has 2 N–H and O–H groups in total. The second-order valence-corrected chi connectivity index (χ2v) is 4.84. The van der Waals surface area contributed by atoms with Crippen LogP contribution in [0.15, 0.2) is 24.3 Å². The minimum Gasteiger partial charge on any atom is -0.352 e. The second kappa shape index (κ2) is 10.4. The summed E-state index contributed by atoms with van der Waals surface area (Å²) in [7, 11) is 0. The molecular weight excluding hydrogens is 240 g/mol. The monoisotopic (exact) mass is 266 g/mol. The molecule has 0 radical (unpaired) electrons. The van der Waals surface area contributed by atoms with Crippen LogP contribution in [0.2, 0.25) is 0 Å². The molecule has 0 unspecified atom stereocenters. The first kappa shape index (κ1) is 17.4. The van der Waals surface area contributed by atoms with Crippen LogP contribution in [-0.2, 0) is 9.59 Å². The van der Waals surface area contributed by atoms with E-state index >= 15 is 0 Å². The van der Waals surface area contributed by atoms with E-state index in [1.165, 1.54) is 0 Å². The van der Waals surface area contributed by atoms with Gasteiger partial charge in [-0.15, -0.1) is 0 Å². The van der Waals surface area contributed by atoms with Gasteiger partial charge in [-0.05, 0) is 26.7 Å². The first-order chi connectivity index (χ1) is 8.95. The molecule has 108 valence electrons. The van der Waals surface area contributed by atoms with E-state index in [1.54, 1.807) is 13.8 Å². The molecule has 0 rings (SSSR count). The van der Waals surface area contributed by atoms with E-state index < -0.39 is 0 Å². The van der Waals surface area contributed by atoms with Crippen molar-refractivity contribution in [2.75, 3.05) is 13.1 Å². The Morgan fingerprint density at radius 2 is 1.05 bits per heavy atom. The van der Waals surface area contributed by atoms with Crippen LogP contribution in [0.5, 0.6) is 0 Å². The van der Waals surface area contributed by atoms with Gasteiger partial charge in [0, 0.05) is 24.2 Å². The topological polar surface area (TPSA) is 58.2 Å². The SMILES string of the molecule is C=C(C)C(=O)NCCCCCCCNC(=O)C(=C)C. The van der Waals surface area contributed by atoms with Crippen molar-refractivity contribution in [1.82, 2.24) is 10.6 Å². The maximum Gasteiger partial charge on any atom is 0.246 e. The number of hydrogen-bond acceptors (Lipinski definition) is 2. The molecule has 0 aliphatic rings. The van der Waals surface area contributed by atoms with Crippen molar-refractivity contribution >= 4 is 11.8 Å². The van der Waals surface area contributed by atoms with Gasteiger partial charge in [0.1, 0.15) is 0 Å². The molecule has 0 aliphatic carbocycles. The summed E-state index contributed by atoms with van der Waals surface area (Å²) < 4.78 is 0. The fourth-order valence-corrected chi connectivity index (χ4v) is 1.49. The molecule has 0 spiro atoms. The van der Waals surface area contributed by atoms with Crippen LogP contribution >= 0.6 is 0 Å². The van der Waals surface area contributed by atoms with Crippen LogP contribution < -0.4 is 10.6 Å². The third-order valence-corrected chi connectivity index (χ3v) is 2.70. The van der Waals surface area contributed by atoms with E-state index in [9.17, 15) is 9.59 Å². The zero-order valence-corrected chi connectivity index (χ0v) is 12.2. The molecule has 0 bridgehead atoms. The highest BCUT2D eigenvalue weighted by Gasteiger charge is 2.00. The Bertz CT molecular complexity index is 303. The summed E-state index contributed by atoms with van der Waals surface area (Å²) in [4.78, 5) is 22.4. The smallest absolute Gasteiger partial charge is 0.246 e. The molecule has 0 aromatic rings. The van der Waals surface area contributed by atoms with Gasteiger partial charge in [-0.25, -0.2) is 0 Å². The number of hydrogen-bond donors (Lipinski definition) is 2. The maximum atomic E-state index is 11.2. The van der Waals surface area contributed by atoms with E-state index in [1.807, 2.05) is 0 Å². The van der Waals surface area contributed by atoms with Crippen LogP contribution in [0.1, 0.15) is 46.0 Å². The molecule has 0 heterocycles. The average Bonchev–Trinajstić information content (AvgIpc) is 2.35. The molecule has 0 saturated heterocycles. The molecule has 0 fully saturated rings. The lowest BCUT2D eigenvalue weighted by Crippen LogP contribution is -2.25. The van der Waals surface area contributed by atoms with E-state index in [4.69, 9.17) is 0 Å². The van der Waals surface area contributed by atoms with Gasteiger partial charge in [0.25, 0.3) is 0 Å². The van der Waals surface area contributed by atoms with E-state index in [0.29, 0.717) is 24.2 Å². The summed E-state index contributed by atoms with van der Waals surface area (Å²) in [5.74, 6) is -0.134. The zero-order valence-electron chi connectivity index (χ0n) is 12.2. The van der Waals surface area contributed by atoms with Crippen LogP contribution in [0.4, 0.5) is 0 Å². The fraction of sp³-hybridized carbons (Fsp3) is 0.600. The molecule has 2 amide bonds. The third-order valence-electron chi connectivity index (χ3n) is 2.70. The first-order valence-electron chi connectivity index (χ1n) is 6.82. The Kier molecular flexibility index (Phi) is 9.49. The first-order valence-corrected chi connectivity index (χ1v) is 6.82. The predicted octanol–water partition coefficient (Wildman–Crippen LogP) is 2.32. The lowest BCUT2D eigenvalue weighted by Gasteiger charge is -2.05. The largest absolute Gasteiger partial charge is 0.352 e. The van der Waals surface area contributed by atoms with Crippen molar-refractivity contribution in [3.8, 4) is 0 Å². The molecule has 0 aromatic carbocycles. The lowest BCUT2D eigenvalue weighted by atomic mass is 10.1. The number of amides is 2. The van der Waals surface area contributed by atoms with Crippen LogP contribution in [0, 0.1) is 0 Å². The Morgan fingerprint density at radius 1 is 0.737 bits per heavy atom. The van der Waals surface area contributed by atoms with Gasteiger partial charge in [-0.3, -0.25) is 9.59 Å². The molecule has 19 heavy (non-hydrogen) atoms.